The van der Waals surface area contributed by atoms with Crippen LogP contribution < -0.4 is 0 Å². The van der Waals surface area contributed by atoms with Crippen molar-refractivity contribution in [3.8, 4) is 0 Å². The fourth-order valence-electron chi connectivity index (χ4n) is 0.482. The summed E-state index contributed by atoms with van der Waals surface area (Å²) in [6.07, 6.45) is 1.67. The lowest BCUT2D eigenvalue weighted by atomic mass is 10.4. The van der Waals surface area contributed by atoms with Gasteiger partial charge >= 0.3 is 0 Å². The van der Waals surface area contributed by atoms with Gasteiger partial charge in [0, 0.05) is 5.75 Å². The predicted octanol–water partition coefficient (Wildman–Crippen LogP) is 3.38. The van der Waals surface area contributed by atoms with Gasteiger partial charge in [0.05, 0.1) is 6.67 Å². The van der Waals surface area contributed by atoms with E-state index >= 15 is 0 Å². The zero-order valence-electron chi connectivity index (χ0n) is 5.91. The Labute approximate surface area is 74.4 Å². The first-order valence-corrected chi connectivity index (χ1v) is 5.19. The van der Waals surface area contributed by atoms with Crippen LogP contribution in [0, 0.1) is 0 Å². The van der Waals surface area contributed by atoms with Crippen molar-refractivity contribution in [1.82, 2.24) is 0 Å². The SMILES string of the molecule is C=C(Br)CSCCCCF. The van der Waals surface area contributed by atoms with Gasteiger partial charge in [-0.3, -0.25) is 4.39 Å². The second kappa shape index (κ2) is 7.61. The van der Waals surface area contributed by atoms with E-state index in [1.54, 1.807) is 11.8 Å². The molecule has 0 nitrogen and oxygen atoms in total. The van der Waals surface area contributed by atoms with E-state index in [4.69, 9.17) is 0 Å². The molecule has 10 heavy (non-hydrogen) atoms. The molecule has 0 saturated heterocycles. The van der Waals surface area contributed by atoms with Gasteiger partial charge in [0.1, 0.15) is 0 Å². The molecule has 0 amide bonds. The molecule has 0 saturated carbocycles. The Balaban J connectivity index is 2.84. The highest BCUT2D eigenvalue weighted by molar-refractivity contribution is 9.11. The standard InChI is InChI=1S/C7H12BrFS/c1-7(8)6-10-5-3-2-4-9/h1-6H2. The zero-order valence-corrected chi connectivity index (χ0v) is 8.31. The normalized spacial score (nSPS) is 9.80. The molecule has 0 atom stereocenters. The van der Waals surface area contributed by atoms with Gasteiger partial charge in [0.25, 0.3) is 0 Å². The van der Waals surface area contributed by atoms with E-state index in [9.17, 15) is 4.39 Å². The Kier molecular flexibility index (Phi) is 7.99. The van der Waals surface area contributed by atoms with Crippen LogP contribution in [0.2, 0.25) is 0 Å². The van der Waals surface area contributed by atoms with Gasteiger partial charge in [0.2, 0.25) is 0 Å². The highest BCUT2D eigenvalue weighted by Crippen LogP contribution is 2.12. The van der Waals surface area contributed by atoms with Crippen molar-refractivity contribution in [2.45, 2.75) is 12.8 Å². The van der Waals surface area contributed by atoms with Crippen molar-refractivity contribution in [1.29, 1.82) is 0 Å². The lowest BCUT2D eigenvalue weighted by Crippen LogP contribution is -1.84. The summed E-state index contributed by atoms with van der Waals surface area (Å²) in [6, 6.07) is 0. The number of rotatable bonds is 6. The Morgan fingerprint density at radius 2 is 2.20 bits per heavy atom. The number of thioether (sulfide) groups is 1. The molecule has 0 unspecified atom stereocenters. The topological polar surface area (TPSA) is 0 Å². The van der Waals surface area contributed by atoms with E-state index in [1.807, 2.05) is 0 Å². The number of unbranched alkanes of at least 4 members (excludes halogenated alkanes) is 1. The van der Waals surface area contributed by atoms with Crippen molar-refractivity contribution in [3.63, 3.8) is 0 Å². The highest BCUT2D eigenvalue weighted by atomic mass is 79.9. The van der Waals surface area contributed by atoms with Crippen LogP contribution in [0.3, 0.4) is 0 Å². The zero-order chi connectivity index (χ0) is 7.82. The maximum absolute atomic E-state index is 11.5. The van der Waals surface area contributed by atoms with E-state index in [-0.39, 0.29) is 6.67 Å². The van der Waals surface area contributed by atoms with Gasteiger partial charge in [-0.1, -0.05) is 22.5 Å². The average molecular weight is 227 g/mol. The molecule has 0 N–H and O–H groups in total. The monoisotopic (exact) mass is 226 g/mol. The van der Waals surface area contributed by atoms with Crippen LogP contribution in [0.4, 0.5) is 4.39 Å². The molecular weight excluding hydrogens is 215 g/mol. The van der Waals surface area contributed by atoms with Crippen LogP contribution in [0.15, 0.2) is 11.1 Å². The van der Waals surface area contributed by atoms with Crippen LogP contribution in [0.5, 0.6) is 0 Å². The van der Waals surface area contributed by atoms with Crippen LogP contribution in [-0.2, 0) is 0 Å². The molecule has 60 valence electrons. The van der Waals surface area contributed by atoms with Gasteiger partial charge < -0.3 is 0 Å². The van der Waals surface area contributed by atoms with Gasteiger partial charge in [-0.25, -0.2) is 0 Å². The summed E-state index contributed by atoms with van der Waals surface area (Å²) in [5.74, 6) is 1.97. The Morgan fingerprint density at radius 3 is 2.70 bits per heavy atom. The second-order valence-electron chi connectivity index (χ2n) is 1.97. The third kappa shape index (κ3) is 8.50. The molecule has 3 heteroatoms. The molecule has 0 rings (SSSR count). The minimum Gasteiger partial charge on any atom is -0.251 e. The predicted molar refractivity (Wildman–Crippen MR) is 50.6 cm³/mol. The van der Waals surface area contributed by atoms with Gasteiger partial charge in [-0.15, -0.1) is 0 Å². The lowest BCUT2D eigenvalue weighted by Gasteiger charge is -1.96. The number of alkyl halides is 1. The fraction of sp³-hybridized carbons (Fsp3) is 0.714. The molecule has 0 aromatic rings. The molecule has 0 aromatic heterocycles. The van der Waals surface area contributed by atoms with E-state index < -0.39 is 0 Å². The maximum Gasteiger partial charge on any atom is 0.0894 e. The molecular formula is C7H12BrFS. The van der Waals surface area contributed by atoms with Crippen molar-refractivity contribution in [3.05, 3.63) is 11.1 Å². The summed E-state index contributed by atoms with van der Waals surface area (Å²) >= 11 is 5.04. The average Bonchev–Trinajstić information content (AvgIpc) is 1.87. The Hall–Kier alpha value is 0.500. The van der Waals surface area contributed by atoms with Crippen LogP contribution in [0.1, 0.15) is 12.8 Å². The first-order chi connectivity index (χ1) is 4.77. The van der Waals surface area contributed by atoms with Gasteiger partial charge in [-0.05, 0) is 23.1 Å². The summed E-state index contributed by atoms with van der Waals surface area (Å²) in [5.41, 5.74) is 0. The molecule has 0 heterocycles. The number of hydrogen-bond acceptors (Lipinski definition) is 1. The first-order valence-electron chi connectivity index (χ1n) is 3.24. The maximum atomic E-state index is 11.5. The van der Waals surface area contributed by atoms with Crippen LogP contribution >= 0.6 is 27.7 Å². The summed E-state index contributed by atoms with van der Waals surface area (Å²) in [4.78, 5) is 0. The quantitative estimate of drug-likeness (QED) is 0.627. The summed E-state index contributed by atoms with van der Waals surface area (Å²) in [7, 11) is 0. The van der Waals surface area contributed by atoms with E-state index in [0.29, 0.717) is 6.42 Å². The number of halogens is 2. The summed E-state index contributed by atoms with van der Waals surface area (Å²) in [6.45, 7) is 3.51. The second-order valence-corrected chi connectivity index (χ2v) is 4.19. The van der Waals surface area contributed by atoms with Crippen LogP contribution in [-0.4, -0.2) is 18.2 Å². The molecule has 0 bridgehead atoms. The summed E-state index contributed by atoms with van der Waals surface area (Å²) < 4.78 is 12.6. The lowest BCUT2D eigenvalue weighted by molar-refractivity contribution is 0.470. The van der Waals surface area contributed by atoms with Crippen molar-refractivity contribution in [2.24, 2.45) is 0 Å². The van der Waals surface area contributed by atoms with E-state index in [0.717, 1.165) is 22.4 Å². The molecule has 0 fully saturated rings. The fourth-order valence-corrected chi connectivity index (χ4v) is 1.74. The minimum atomic E-state index is -0.185. The smallest absolute Gasteiger partial charge is 0.0894 e. The highest BCUT2D eigenvalue weighted by Gasteiger charge is 1.90. The van der Waals surface area contributed by atoms with Crippen molar-refractivity contribution >= 4 is 27.7 Å². The molecule has 0 radical (unpaired) electrons. The molecule has 0 aliphatic heterocycles. The van der Waals surface area contributed by atoms with Gasteiger partial charge in [0.15, 0.2) is 0 Å². The largest absolute Gasteiger partial charge is 0.251 e. The third-order valence-electron chi connectivity index (χ3n) is 0.931. The first kappa shape index (κ1) is 10.5. The van der Waals surface area contributed by atoms with E-state index in [1.165, 1.54) is 0 Å². The molecule has 0 aromatic carbocycles. The molecule has 0 aliphatic carbocycles. The van der Waals surface area contributed by atoms with E-state index in [2.05, 4.69) is 22.5 Å². The van der Waals surface area contributed by atoms with Crippen molar-refractivity contribution < 1.29 is 4.39 Å². The van der Waals surface area contributed by atoms with Crippen LogP contribution in [0.25, 0.3) is 0 Å². The number of hydrogen-bond donors (Lipinski definition) is 0. The summed E-state index contributed by atoms with van der Waals surface area (Å²) in [5, 5.41) is 0. The minimum absolute atomic E-state index is 0.185. The third-order valence-corrected chi connectivity index (χ3v) is 2.71. The van der Waals surface area contributed by atoms with Gasteiger partial charge in [-0.2, -0.15) is 11.8 Å². The van der Waals surface area contributed by atoms with Crippen molar-refractivity contribution in [2.75, 3.05) is 18.2 Å². The molecule has 0 spiro atoms. The molecule has 0 aliphatic rings. The Bertz CT molecular complexity index is 95.6. The Morgan fingerprint density at radius 1 is 1.50 bits per heavy atom.